The predicted octanol–water partition coefficient (Wildman–Crippen LogP) is 7.03. The molecular formula is C37H44O10S. The van der Waals surface area contributed by atoms with E-state index in [2.05, 4.69) is 6.92 Å². The number of hydrogen-bond donors (Lipinski definition) is 0. The Morgan fingerprint density at radius 3 is 1.83 bits per heavy atom. The van der Waals surface area contributed by atoms with Gasteiger partial charge in [-0.05, 0) is 95.8 Å². The molecule has 6 atom stereocenters. The molecule has 0 radical (unpaired) electrons. The average molecular weight is 681 g/mol. The number of aryl methyl sites for hydroxylation is 1. The van der Waals surface area contributed by atoms with Crippen molar-refractivity contribution in [2.75, 3.05) is 0 Å². The highest BCUT2D eigenvalue weighted by atomic mass is 32.1. The molecule has 7 rings (SSSR count). The van der Waals surface area contributed by atoms with Gasteiger partial charge in [-0.25, -0.2) is 9.59 Å². The Morgan fingerprint density at radius 1 is 0.812 bits per heavy atom. The summed E-state index contributed by atoms with van der Waals surface area (Å²) in [6.45, 7) is 16.6. The van der Waals surface area contributed by atoms with Crippen LogP contribution in [0.5, 0.6) is 5.75 Å². The fourth-order valence-electron chi connectivity index (χ4n) is 9.14. The lowest BCUT2D eigenvalue weighted by atomic mass is 9.66. The van der Waals surface area contributed by atoms with Gasteiger partial charge < -0.3 is 28.1 Å². The van der Waals surface area contributed by atoms with Crippen LogP contribution in [-0.4, -0.2) is 46.8 Å². The van der Waals surface area contributed by atoms with E-state index >= 15 is 0 Å². The molecular weight excluding hydrogens is 636 g/mol. The fraction of sp³-hybridized carbons (Fsp3) is 0.649. The first-order valence-electron chi connectivity index (χ1n) is 16.9. The fourth-order valence-corrected chi connectivity index (χ4v) is 9.36. The molecule has 10 nitrogen and oxygen atoms in total. The van der Waals surface area contributed by atoms with Crippen LogP contribution in [0.4, 0.5) is 0 Å². The van der Waals surface area contributed by atoms with Crippen molar-refractivity contribution < 1.29 is 47.3 Å². The Bertz CT molecular complexity index is 1870. The minimum Gasteiger partial charge on any atom is -0.483 e. The molecule has 2 aliphatic carbocycles. The Kier molecular flexibility index (Phi) is 6.76. The molecule has 0 N–H and O–H groups in total. The van der Waals surface area contributed by atoms with E-state index in [0.717, 1.165) is 23.8 Å². The first-order valence-corrected chi connectivity index (χ1v) is 17.3. The van der Waals surface area contributed by atoms with Crippen LogP contribution in [0.25, 0.3) is 11.0 Å². The minimum atomic E-state index is -1.55. The number of benzene rings is 1. The smallest absolute Gasteiger partial charge is 0.351 e. The number of carbonyl (C=O) groups is 4. The molecule has 2 saturated heterocycles. The van der Waals surface area contributed by atoms with E-state index in [1.54, 1.807) is 19.9 Å². The number of fused-ring (bicyclic) bond motifs is 7. The van der Waals surface area contributed by atoms with Gasteiger partial charge in [-0.1, -0.05) is 41.0 Å². The molecule has 48 heavy (non-hydrogen) atoms. The molecule has 4 unspecified atom stereocenters. The molecule has 0 amide bonds. The predicted molar refractivity (Wildman–Crippen MR) is 174 cm³/mol. The number of ether oxygens (including phenoxy) is 5. The van der Waals surface area contributed by atoms with Crippen molar-refractivity contribution in [3.8, 4) is 5.75 Å². The van der Waals surface area contributed by atoms with Gasteiger partial charge in [0.25, 0.3) is 0 Å². The highest BCUT2D eigenvalue weighted by molar-refractivity contribution is 7.71. The summed E-state index contributed by atoms with van der Waals surface area (Å²) in [6, 6.07) is 5.50. The second-order valence-electron chi connectivity index (χ2n) is 16.4. The summed E-state index contributed by atoms with van der Waals surface area (Å²) in [6.07, 6.45) is 0.580. The maximum Gasteiger partial charge on any atom is 0.351 e. The van der Waals surface area contributed by atoms with Crippen LogP contribution in [0, 0.1) is 26.4 Å². The normalized spacial score (nSPS) is 36.3. The lowest BCUT2D eigenvalue weighted by Crippen LogP contribution is -2.57. The first kappa shape index (κ1) is 33.0. The summed E-state index contributed by atoms with van der Waals surface area (Å²) < 4.78 is 37.6. The van der Waals surface area contributed by atoms with Crippen molar-refractivity contribution in [3.63, 3.8) is 0 Å². The van der Waals surface area contributed by atoms with Gasteiger partial charge in [0.15, 0.2) is 16.9 Å². The first-order chi connectivity index (χ1) is 22.2. The van der Waals surface area contributed by atoms with E-state index in [1.807, 2.05) is 53.7 Å². The molecule has 3 aliphatic heterocycles. The highest BCUT2D eigenvalue weighted by Gasteiger charge is 2.78. The van der Waals surface area contributed by atoms with Crippen molar-refractivity contribution >= 4 is 47.1 Å². The van der Waals surface area contributed by atoms with Gasteiger partial charge in [-0.15, -0.1) is 0 Å². The van der Waals surface area contributed by atoms with Crippen molar-refractivity contribution in [1.82, 2.24) is 0 Å². The van der Waals surface area contributed by atoms with Crippen LogP contribution >= 0.6 is 12.2 Å². The van der Waals surface area contributed by atoms with Gasteiger partial charge in [0.1, 0.15) is 16.9 Å². The second kappa shape index (κ2) is 9.82. The lowest BCUT2D eigenvalue weighted by molar-refractivity contribution is -0.217. The van der Waals surface area contributed by atoms with E-state index < -0.39 is 74.5 Å². The molecule has 4 bridgehead atoms. The van der Waals surface area contributed by atoms with E-state index in [9.17, 15) is 19.2 Å². The molecule has 4 fully saturated rings. The Hall–Kier alpha value is -3.47. The Balaban J connectivity index is 1.38. The quantitative estimate of drug-likeness (QED) is 0.177. The Labute approximate surface area is 285 Å². The summed E-state index contributed by atoms with van der Waals surface area (Å²) in [5, 5.41) is 0.758. The van der Waals surface area contributed by atoms with Gasteiger partial charge in [-0.3, -0.25) is 9.59 Å². The molecule has 1 aromatic heterocycles. The molecule has 2 aromatic rings. The number of carbonyl (C=O) groups excluding carboxylic acids is 4. The van der Waals surface area contributed by atoms with E-state index in [-0.39, 0.29) is 11.1 Å². The van der Waals surface area contributed by atoms with E-state index in [0.29, 0.717) is 36.2 Å². The molecule has 4 heterocycles. The highest BCUT2D eigenvalue weighted by Crippen LogP contribution is 2.67. The zero-order valence-corrected chi connectivity index (χ0v) is 29.9. The van der Waals surface area contributed by atoms with Crippen LogP contribution in [-0.2, 0) is 44.5 Å². The van der Waals surface area contributed by atoms with Crippen molar-refractivity contribution in [2.24, 2.45) is 21.7 Å². The summed E-state index contributed by atoms with van der Waals surface area (Å²) >= 11 is 5.55. The molecule has 11 heteroatoms. The zero-order chi connectivity index (χ0) is 35.0. The van der Waals surface area contributed by atoms with Gasteiger partial charge in [0.2, 0.25) is 11.2 Å². The number of rotatable bonds is 6. The molecule has 2 saturated carbocycles. The molecule has 0 spiro atoms. The third-order valence-corrected chi connectivity index (χ3v) is 13.6. The summed E-state index contributed by atoms with van der Waals surface area (Å²) in [7, 11) is 0. The average Bonchev–Trinajstić information content (AvgIpc) is 3.46. The third-order valence-electron chi connectivity index (χ3n) is 13.4. The van der Waals surface area contributed by atoms with Crippen molar-refractivity contribution in [1.29, 1.82) is 0 Å². The van der Waals surface area contributed by atoms with Crippen LogP contribution in [0.15, 0.2) is 22.6 Å². The van der Waals surface area contributed by atoms with Crippen LogP contribution in [0.3, 0.4) is 0 Å². The molecule has 1 aromatic carbocycles. The minimum absolute atomic E-state index is 0.238. The standard InChI is InChI=1S/C37H44O10S/c1-10-11-19-18-22(48)42-24-20(19)12-13-21-23(24)25(43-29(40)36-16-14-34(8,27(38)46-36)32(36,4)5)26(31(2,3)45-21)44-30(41)37-17-15-35(9,28(39)47-37)33(37,6)7/h12-13,18,25-26H,10-11,14-17H2,1-9H3/t25-,26-,34?,35?,36?,37?/m1/s1. The van der Waals surface area contributed by atoms with Gasteiger partial charge in [-0.2, -0.15) is 0 Å². The monoisotopic (exact) mass is 680 g/mol. The number of esters is 4. The summed E-state index contributed by atoms with van der Waals surface area (Å²) in [4.78, 5) is 55.3. The maximum atomic E-state index is 14.6. The maximum absolute atomic E-state index is 14.6. The second-order valence-corrected chi connectivity index (χ2v) is 16.8. The lowest BCUT2D eigenvalue weighted by Gasteiger charge is -2.45. The van der Waals surface area contributed by atoms with Crippen LogP contribution in [0.1, 0.15) is 112 Å². The van der Waals surface area contributed by atoms with E-state index in [1.165, 1.54) is 0 Å². The third kappa shape index (κ3) is 3.77. The van der Waals surface area contributed by atoms with Crippen LogP contribution < -0.4 is 4.74 Å². The Morgan fingerprint density at radius 2 is 1.35 bits per heavy atom. The van der Waals surface area contributed by atoms with Crippen molar-refractivity contribution in [3.05, 3.63) is 34.0 Å². The SMILES string of the molecule is CCCc1cc(=S)oc2c3c(ccc12)OC(C)(C)[C@H](OC(=O)C12CCC(C)(C(=O)O1)C2(C)C)[C@@H]3OC(=O)C12CCC(C)(C(=O)O1)C2(C)C. The summed E-state index contributed by atoms with van der Waals surface area (Å²) in [5.41, 5.74) is -6.15. The zero-order valence-electron chi connectivity index (χ0n) is 29.1. The molecule has 5 aliphatic rings. The van der Waals surface area contributed by atoms with Crippen LogP contribution in [0.2, 0.25) is 0 Å². The largest absolute Gasteiger partial charge is 0.483 e. The van der Waals surface area contributed by atoms with Gasteiger partial charge in [0.05, 0.1) is 16.4 Å². The van der Waals surface area contributed by atoms with Gasteiger partial charge >= 0.3 is 23.9 Å². The van der Waals surface area contributed by atoms with Gasteiger partial charge in [0, 0.05) is 16.2 Å². The van der Waals surface area contributed by atoms with E-state index in [4.69, 9.17) is 40.3 Å². The summed E-state index contributed by atoms with van der Waals surface area (Å²) in [5.74, 6) is -1.99. The number of hydrogen-bond acceptors (Lipinski definition) is 11. The van der Waals surface area contributed by atoms with Crippen molar-refractivity contribution in [2.45, 2.75) is 130 Å². The molecule has 258 valence electrons. The topological polar surface area (TPSA) is 128 Å².